The standard InChI is InChI=1S/C13H23NO3/c1-16-13(15)11-5-4-7-14(9-11)10-12-6-2-3-8-17-12/h11-12H,2-10H2,1H3. The average molecular weight is 241 g/mol. The first-order valence-corrected chi connectivity index (χ1v) is 6.71. The molecule has 2 heterocycles. The number of piperidine rings is 1. The minimum atomic E-state index is -0.0562. The van der Waals surface area contributed by atoms with Gasteiger partial charge in [0.05, 0.1) is 19.1 Å². The van der Waals surface area contributed by atoms with Crippen molar-refractivity contribution in [1.82, 2.24) is 4.90 Å². The van der Waals surface area contributed by atoms with Crippen molar-refractivity contribution < 1.29 is 14.3 Å². The van der Waals surface area contributed by atoms with Gasteiger partial charge >= 0.3 is 5.97 Å². The van der Waals surface area contributed by atoms with Crippen LogP contribution >= 0.6 is 0 Å². The SMILES string of the molecule is COC(=O)C1CCCN(CC2CCCCO2)C1. The van der Waals surface area contributed by atoms with Gasteiger partial charge in [0, 0.05) is 19.7 Å². The minimum Gasteiger partial charge on any atom is -0.469 e. The molecule has 17 heavy (non-hydrogen) atoms. The topological polar surface area (TPSA) is 38.8 Å². The Bertz CT molecular complexity index is 251. The fourth-order valence-corrected chi connectivity index (χ4v) is 2.82. The minimum absolute atomic E-state index is 0.0562. The van der Waals surface area contributed by atoms with E-state index in [4.69, 9.17) is 9.47 Å². The van der Waals surface area contributed by atoms with Crippen molar-refractivity contribution in [2.24, 2.45) is 5.92 Å². The van der Waals surface area contributed by atoms with E-state index in [2.05, 4.69) is 4.90 Å². The van der Waals surface area contributed by atoms with Gasteiger partial charge < -0.3 is 9.47 Å². The number of nitrogens with zero attached hydrogens (tertiary/aromatic N) is 1. The number of carbonyl (C=O) groups excluding carboxylic acids is 1. The van der Waals surface area contributed by atoms with Gasteiger partial charge in [-0.05, 0) is 38.6 Å². The molecule has 0 N–H and O–H groups in total. The van der Waals surface area contributed by atoms with Crippen molar-refractivity contribution in [3.05, 3.63) is 0 Å². The summed E-state index contributed by atoms with van der Waals surface area (Å²) in [6, 6.07) is 0. The van der Waals surface area contributed by atoms with Gasteiger partial charge in [-0.25, -0.2) is 0 Å². The quantitative estimate of drug-likeness (QED) is 0.701. The first-order chi connectivity index (χ1) is 8.29. The summed E-state index contributed by atoms with van der Waals surface area (Å²) in [6.45, 7) is 3.81. The van der Waals surface area contributed by atoms with Crippen LogP contribution in [0.25, 0.3) is 0 Å². The molecule has 2 aliphatic heterocycles. The summed E-state index contributed by atoms with van der Waals surface area (Å²) in [5, 5.41) is 0. The number of likely N-dealkylation sites (tertiary alicyclic amines) is 1. The molecule has 2 aliphatic rings. The van der Waals surface area contributed by atoms with E-state index in [0.29, 0.717) is 6.10 Å². The zero-order valence-corrected chi connectivity index (χ0v) is 10.7. The van der Waals surface area contributed by atoms with Crippen LogP contribution in [0.5, 0.6) is 0 Å². The highest BCUT2D eigenvalue weighted by atomic mass is 16.5. The third kappa shape index (κ3) is 3.68. The maximum absolute atomic E-state index is 11.5. The Morgan fingerprint density at radius 1 is 1.35 bits per heavy atom. The summed E-state index contributed by atoms with van der Waals surface area (Å²) in [6.07, 6.45) is 6.07. The molecule has 2 rings (SSSR count). The van der Waals surface area contributed by atoms with E-state index in [1.807, 2.05) is 0 Å². The summed E-state index contributed by atoms with van der Waals surface area (Å²) in [7, 11) is 1.48. The van der Waals surface area contributed by atoms with Gasteiger partial charge in [-0.2, -0.15) is 0 Å². The zero-order valence-electron chi connectivity index (χ0n) is 10.7. The van der Waals surface area contributed by atoms with Gasteiger partial charge in [-0.3, -0.25) is 9.69 Å². The lowest BCUT2D eigenvalue weighted by Gasteiger charge is -2.34. The van der Waals surface area contributed by atoms with Crippen LogP contribution < -0.4 is 0 Å². The molecule has 4 nitrogen and oxygen atoms in total. The molecule has 2 atom stereocenters. The van der Waals surface area contributed by atoms with Gasteiger partial charge in [0.25, 0.3) is 0 Å². The van der Waals surface area contributed by atoms with E-state index < -0.39 is 0 Å². The molecule has 4 heteroatoms. The van der Waals surface area contributed by atoms with Crippen LogP contribution in [0.3, 0.4) is 0 Å². The van der Waals surface area contributed by atoms with Crippen LogP contribution in [0.2, 0.25) is 0 Å². The fraction of sp³-hybridized carbons (Fsp3) is 0.923. The Hall–Kier alpha value is -0.610. The number of hydrogen-bond donors (Lipinski definition) is 0. The Labute approximate surface area is 103 Å². The molecule has 0 aromatic heterocycles. The maximum Gasteiger partial charge on any atom is 0.309 e. The van der Waals surface area contributed by atoms with E-state index in [1.165, 1.54) is 26.4 Å². The lowest BCUT2D eigenvalue weighted by atomic mass is 9.97. The summed E-state index contributed by atoms with van der Waals surface area (Å²) in [5.74, 6) is 0.0107. The van der Waals surface area contributed by atoms with E-state index in [-0.39, 0.29) is 11.9 Å². The van der Waals surface area contributed by atoms with Crippen LogP contribution in [0.1, 0.15) is 32.1 Å². The Balaban J connectivity index is 1.78. The van der Waals surface area contributed by atoms with Crippen LogP contribution in [-0.4, -0.2) is 50.3 Å². The molecule has 0 amide bonds. The maximum atomic E-state index is 11.5. The molecule has 0 aromatic carbocycles. The first kappa shape index (κ1) is 12.8. The molecular weight excluding hydrogens is 218 g/mol. The van der Waals surface area contributed by atoms with E-state index in [1.54, 1.807) is 0 Å². The van der Waals surface area contributed by atoms with Crippen LogP contribution in [-0.2, 0) is 14.3 Å². The average Bonchev–Trinajstić information content (AvgIpc) is 2.39. The van der Waals surface area contributed by atoms with Crippen molar-refractivity contribution in [2.45, 2.75) is 38.2 Å². The van der Waals surface area contributed by atoms with Crippen LogP contribution in [0, 0.1) is 5.92 Å². The Morgan fingerprint density at radius 2 is 2.24 bits per heavy atom. The number of esters is 1. The molecule has 0 aliphatic carbocycles. The summed E-state index contributed by atoms with van der Waals surface area (Å²) in [4.78, 5) is 13.9. The second-order valence-electron chi connectivity index (χ2n) is 5.11. The van der Waals surface area contributed by atoms with Crippen molar-refractivity contribution >= 4 is 5.97 Å². The molecule has 2 unspecified atom stereocenters. The second kappa shape index (κ2) is 6.36. The molecule has 0 radical (unpaired) electrons. The van der Waals surface area contributed by atoms with Gasteiger partial charge in [0.15, 0.2) is 0 Å². The van der Waals surface area contributed by atoms with Gasteiger partial charge in [0.2, 0.25) is 0 Å². The monoisotopic (exact) mass is 241 g/mol. The third-order valence-electron chi connectivity index (χ3n) is 3.78. The number of methoxy groups -OCH3 is 1. The van der Waals surface area contributed by atoms with Crippen LogP contribution in [0.4, 0.5) is 0 Å². The molecule has 0 spiro atoms. The van der Waals surface area contributed by atoms with E-state index >= 15 is 0 Å². The number of rotatable bonds is 3. The molecule has 0 bridgehead atoms. The molecule has 0 aromatic rings. The lowest BCUT2D eigenvalue weighted by molar-refractivity contribution is -0.147. The number of ether oxygens (including phenoxy) is 2. The second-order valence-corrected chi connectivity index (χ2v) is 5.11. The zero-order chi connectivity index (χ0) is 12.1. The highest BCUT2D eigenvalue weighted by Gasteiger charge is 2.28. The van der Waals surface area contributed by atoms with Crippen molar-refractivity contribution in [3.8, 4) is 0 Å². The highest BCUT2D eigenvalue weighted by Crippen LogP contribution is 2.20. The van der Waals surface area contributed by atoms with Crippen molar-refractivity contribution in [2.75, 3.05) is 33.4 Å². The van der Waals surface area contributed by atoms with Gasteiger partial charge in [-0.1, -0.05) is 0 Å². The normalized spacial score (nSPS) is 31.1. The summed E-state index contributed by atoms with van der Waals surface area (Å²) in [5.41, 5.74) is 0. The first-order valence-electron chi connectivity index (χ1n) is 6.71. The predicted octanol–water partition coefficient (Wildman–Crippen LogP) is 1.44. The third-order valence-corrected chi connectivity index (χ3v) is 3.78. The Morgan fingerprint density at radius 3 is 2.94 bits per heavy atom. The molecule has 2 fully saturated rings. The van der Waals surface area contributed by atoms with Gasteiger partial charge in [0.1, 0.15) is 0 Å². The Kier molecular flexibility index (Phi) is 4.80. The molecule has 2 saturated heterocycles. The predicted molar refractivity (Wildman–Crippen MR) is 64.8 cm³/mol. The van der Waals surface area contributed by atoms with Crippen molar-refractivity contribution in [3.63, 3.8) is 0 Å². The van der Waals surface area contributed by atoms with Gasteiger partial charge in [-0.15, -0.1) is 0 Å². The summed E-state index contributed by atoms with van der Waals surface area (Å²) < 4.78 is 10.6. The highest BCUT2D eigenvalue weighted by molar-refractivity contribution is 5.72. The van der Waals surface area contributed by atoms with E-state index in [0.717, 1.165) is 39.1 Å². The fourth-order valence-electron chi connectivity index (χ4n) is 2.82. The number of hydrogen-bond acceptors (Lipinski definition) is 4. The summed E-state index contributed by atoms with van der Waals surface area (Å²) >= 11 is 0. The lowest BCUT2D eigenvalue weighted by Crippen LogP contribution is -2.43. The largest absolute Gasteiger partial charge is 0.469 e. The van der Waals surface area contributed by atoms with E-state index in [9.17, 15) is 4.79 Å². The van der Waals surface area contributed by atoms with Crippen LogP contribution in [0.15, 0.2) is 0 Å². The molecule has 98 valence electrons. The molecule has 0 saturated carbocycles. The van der Waals surface area contributed by atoms with Crippen molar-refractivity contribution in [1.29, 1.82) is 0 Å². The number of carbonyl (C=O) groups is 1. The molecular formula is C13H23NO3. The smallest absolute Gasteiger partial charge is 0.309 e.